The number of hydrogen-bond acceptors (Lipinski definition) is 2. The lowest BCUT2D eigenvalue weighted by Gasteiger charge is -2.32. The van der Waals surface area contributed by atoms with E-state index in [2.05, 4.69) is 11.0 Å². The fourth-order valence-electron chi connectivity index (χ4n) is 2.27. The van der Waals surface area contributed by atoms with Crippen molar-refractivity contribution >= 4 is 0 Å². The van der Waals surface area contributed by atoms with E-state index in [0.717, 1.165) is 18.4 Å². The van der Waals surface area contributed by atoms with Gasteiger partial charge in [-0.2, -0.15) is 5.10 Å². The lowest BCUT2D eigenvalue weighted by molar-refractivity contribution is 0.302. The van der Waals surface area contributed by atoms with Gasteiger partial charge in [-0.3, -0.25) is 4.68 Å². The minimum atomic E-state index is -0.162. The normalized spacial score (nSPS) is 19.7. The van der Waals surface area contributed by atoms with E-state index in [0.29, 0.717) is 6.54 Å². The van der Waals surface area contributed by atoms with Crippen molar-refractivity contribution in [3.05, 3.63) is 18.0 Å². The standard InChI is InChI=1S/C12H17N3/c1-2-8-15-10-11(9-14-15)12(13)6-4-3-5-7-12/h1,9-10H,3-8,13H2. The summed E-state index contributed by atoms with van der Waals surface area (Å²) in [6.45, 7) is 0.524. The maximum absolute atomic E-state index is 6.38. The molecule has 2 rings (SSSR count). The van der Waals surface area contributed by atoms with E-state index in [1.165, 1.54) is 19.3 Å². The first-order valence-electron chi connectivity index (χ1n) is 5.50. The summed E-state index contributed by atoms with van der Waals surface area (Å²) in [4.78, 5) is 0. The molecular weight excluding hydrogens is 186 g/mol. The highest BCUT2D eigenvalue weighted by Gasteiger charge is 2.30. The SMILES string of the molecule is C#CCn1cc(C2(N)CCCCC2)cn1. The number of aromatic nitrogens is 2. The van der Waals surface area contributed by atoms with Crippen molar-refractivity contribution in [2.45, 2.75) is 44.2 Å². The topological polar surface area (TPSA) is 43.8 Å². The number of nitrogens with two attached hydrogens (primary N) is 1. The van der Waals surface area contributed by atoms with Crippen LogP contribution < -0.4 is 5.73 Å². The summed E-state index contributed by atoms with van der Waals surface area (Å²) in [6.07, 6.45) is 15.0. The average Bonchev–Trinajstić information content (AvgIpc) is 2.69. The van der Waals surface area contributed by atoms with E-state index in [9.17, 15) is 0 Å². The third-order valence-electron chi connectivity index (χ3n) is 3.21. The molecule has 2 N–H and O–H groups in total. The first kappa shape index (κ1) is 10.3. The average molecular weight is 203 g/mol. The van der Waals surface area contributed by atoms with E-state index < -0.39 is 0 Å². The molecule has 0 atom stereocenters. The van der Waals surface area contributed by atoms with Gasteiger partial charge in [-0.1, -0.05) is 25.2 Å². The Balaban J connectivity index is 2.17. The maximum atomic E-state index is 6.38. The van der Waals surface area contributed by atoms with Gasteiger partial charge in [0, 0.05) is 17.3 Å². The van der Waals surface area contributed by atoms with Crippen molar-refractivity contribution in [1.29, 1.82) is 0 Å². The predicted molar refractivity (Wildman–Crippen MR) is 60.0 cm³/mol. The van der Waals surface area contributed by atoms with Crippen LogP contribution in [-0.4, -0.2) is 9.78 Å². The fourth-order valence-corrected chi connectivity index (χ4v) is 2.27. The van der Waals surface area contributed by atoms with Gasteiger partial charge in [0.1, 0.15) is 6.54 Å². The zero-order chi connectivity index (χ0) is 10.7. The van der Waals surface area contributed by atoms with E-state index in [-0.39, 0.29) is 5.54 Å². The van der Waals surface area contributed by atoms with E-state index in [1.807, 2.05) is 12.4 Å². The number of nitrogens with zero attached hydrogens (tertiary/aromatic N) is 2. The number of hydrogen-bond donors (Lipinski definition) is 1. The Bertz CT molecular complexity index is 366. The monoisotopic (exact) mass is 203 g/mol. The van der Waals surface area contributed by atoms with Gasteiger partial charge in [-0.05, 0) is 12.8 Å². The molecule has 80 valence electrons. The van der Waals surface area contributed by atoms with Gasteiger partial charge in [0.05, 0.1) is 6.20 Å². The highest BCUT2D eigenvalue weighted by atomic mass is 15.3. The zero-order valence-corrected chi connectivity index (χ0v) is 8.95. The largest absolute Gasteiger partial charge is 0.321 e. The lowest BCUT2D eigenvalue weighted by atomic mass is 9.79. The van der Waals surface area contributed by atoms with Crippen LogP contribution in [0.15, 0.2) is 12.4 Å². The molecular formula is C12H17N3. The van der Waals surface area contributed by atoms with Crippen molar-refractivity contribution in [2.75, 3.05) is 0 Å². The summed E-state index contributed by atoms with van der Waals surface area (Å²) in [7, 11) is 0. The Labute approximate surface area is 90.7 Å². The Morgan fingerprint density at radius 2 is 2.20 bits per heavy atom. The fraction of sp³-hybridized carbons (Fsp3) is 0.583. The molecule has 0 aliphatic heterocycles. The molecule has 0 saturated heterocycles. The van der Waals surface area contributed by atoms with Gasteiger partial charge >= 0.3 is 0 Å². The molecule has 0 spiro atoms. The molecule has 0 amide bonds. The van der Waals surface area contributed by atoms with Crippen LogP contribution in [0, 0.1) is 12.3 Å². The third kappa shape index (κ3) is 2.05. The van der Waals surface area contributed by atoms with Crippen LogP contribution >= 0.6 is 0 Å². The Morgan fingerprint density at radius 3 is 2.87 bits per heavy atom. The van der Waals surface area contributed by atoms with Crippen molar-refractivity contribution in [2.24, 2.45) is 5.73 Å². The van der Waals surface area contributed by atoms with Gasteiger partial charge in [0.15, 0.2) is 0 Å². The Morgan fingerprint density at radius 1 is 1.47 bits per heavy atom. The minimum Gasteiger partial charge on any atom is -0.321 e. The van der Waals surface area contributed by atoms with Gasteiger partial charge in [-0.25, -0.2) is 0 Å². The second-order valence-electron chi connectivity index (χ2n) is 4.35. The molecule has 1 aliphatic carbocycles. The van der Waals surface area contributed by atoms with Gasteiger partial charge in [0.25, 0.3) is 0 Å². The van der Waals surface area contributed by atoms with Crippen LogP contribution in [0.2, 0.25) is 0 Å². The van der Waals surface area contributed by atoms with Crippen LogP contribution in [-0.2, 0) is 12.1 Å². The van der Waals surface area contributed by atoms with Crippen molar-refractivity contribution in [1.82, 2.24) is 9.78 Å². The third-order valence-corrected chi connectivity index (χ3v) is 3.21. The molecule has 0 radical (unpaired) electrons. The first-order chi connectivity index (χ1) is 7.24. The summed E-state index contributed by atoms with van der Waals surface area (Å²) >= 11 is 0. The van der Waals surface area contributed by atoms with Crippen LogP contribution in [0.25, 0.3) is 0 Å². The molecule has 1 saturated carbocycles. The molecule has 1 aliphatic rings. The van der Waals surface area contributed by atoms with E-state index >= 15 is 0 Å². The summed E-state index contributed by atoms with van der Waals surface area (Å²) in [6, 6.07) is 0. The molecule has 1 heterocycles. The predicted octanol–water partition coefficient (Wildman–Crippen LogP) is 1.63. The van der Waals surface area contributed by atoms with Crippen LogP contribution in [0.5, 0.6) is 0 Å². The molecule has 3 heteroatoms. The Kier molecular flexibility index (Phi) is 2.79. The van der Waals surface area contributed by atoms with Crippen molar-refractivity contribution in [3.63, 3.8) is 0 Å². The second kappa shape index (κ2) is 4.08. The van der Waals surface area contributed by atoms with Crippen LogP contribution in [0.4, 0.5) is 0 Å². The highest BCUT2D eigenvalue weighted by molar-refractivity contribution is 5.18. The second-order valence-corrected chi connectivity index (χ2v) is 4.35. The highest BCUT2D eigenvalue weighted by Crippen LogP contribution is 2.34. The first-order valence-corrected chi connectivity index (χ1v) is 5.50. The van der Waals surface area contributed by atoms with E-state index in [4.69, 9.17) is 12.2 Å². The zero-order valence-electron chi connectivity index (χ0n) is 8.95. The quantitative estimate of drug-likeness (QED) is 0.742. The van der Waals surface area contributed by atoms with Gasteiger partial charge < -0.3 is 5.73 Å². The summed E-state index contributed by atoms with van der Waals surface area (Å²) in [5.74, 6) is 2.57. The molecule has 0 aromatic carbocycles. The molecule has 0 bridgehead atoms. The molecule has 1 fully saturated rings. The number of terminal acetylenes is 1. The van der Waals surface area contributed by atoms with Crippen molar-refractivity contribution in [3.8, 4) is 12.3 Å². The molecule has 0 unspecified atom stereocenters. The number of rotatable bonds is 2. The summed E-state index contributed by atoms with van der Waals surface area (Å²) in [5.41, 5.74) is 7.36. The van der Waals surface area contributed by atoms with Crippen molar-refractivity contribution < 1.29 is 0 Å². The molecule has 1 aromatic rings. The lowest BCUT2D eigenvalue weighted by Crippen LogP contribution is -2.38. The Hall–Kier alpha value is -1.27. The molecule has 3 nitrogen and oxygen atoms in total. The minimum absolute atomic E-state index is 0.162. The molecule has 15 heavy (non-hydrogen) atoms. The van der Waals surface area contributed by atoms with Crippen LogP contribution in [0.3, 0.4) is 0 Å². The van der Waals surface area contributed by atoms with E-state index in [1.54, 1.807) is 4.68 Å². The van der Waals surface area contributed by atoms with Crippen LogP contribution in [0.1, 0.15) is 37.7 Å². The summed E-state index contributed by atoms with van der Waals surface area (Å²) in [5, 5.41) is 4.22. The van der Waals surface area contributed by atoms with Gasteiger partial charge in [-0.15, -0.1) is 6.42 Å². The summed E-state index contributed by atoms with van der Waals surface area (Å²) < 4.78 is 1.78. The van der Waals surface area contributed by atoms with Gasteiger partial charge in [0.2, 0.25) is 0 Å². The maximum Gasteiger partial charge on any atom is 0.101 e. The molecule has 1 aromatic heterocycles. The smallest absolute Gasteiger partial charge is 0.101 e.